The Bertz CT molecular complexity index is 516. The zero-order valence-corrected chi connectivity index (χ0v) is 7.32. The molecular weight excluding hydrogens is 209 g/mol. The zero-order chi connectivity index (χ0) is 11.1. The SMILES string of the molecule is O=Cc1ncc2cc(C(F)(F)F)ccn12. The number of aromatic nitrogens is 2. The second-order valence-corrected chi connectivity index (χ2v) is 2.94. The molecule has 2 heterocycles. The van der Waals surface area contributed by atoms with Gasteiger partial charge >= 0.3 is 6.18 Å². The Morgan fingerprint density at radius 2 is 2.13 bits per heavy atom. The van der Waals surface area contributed by atoms with Gasteiger partial charge in [0.1, 0.15) is 0 Å². The molecule has 78 valence electrons. The Morgan fingerprint density at radius 3 is 2.73 bits per heavy atom. The number of carbonyl (C=O) groups is 1. The molecule has 15 heavy (non-hydrogen) atoms. The number of aldehydes is 1. The first kappa shape index (κ1) is 9.70. The summed E-state index contributed by atoms with van der Waals surface area (Å²) in [5.41, 5.74) is -0.515. The molecule has 0 aliphatic heterocycles. The van der Waals surface area contributed by atoms with Crippen LogP contribution in [0.15, 0.2) is 24.5 Å². The van der Waals surface area contributed by atoms with Crippen molar-refractivity contribution in [2.75, 3.05) is 0 Å². The smallest absolute Gasteiger partial charge is 0.298 e. The topological polar surface area (TPSA) is 34.4 Å². The second-order valence-electron chi connectivity index (χ2n) is 2.94. The van der Waals surface area contributed by atoms with E-state index in [0.717, 1.165) is 12.1 Å². The van der Waals surface area contributed by atoms with E-state index in [1.165, 1.54) is 16.8 Å². The minimum atomic E-state index is -4.38. The highest BCUT2D eigenvalue weighted by Gasteiger charge is 2.30. The number of pyridine rings is 1. The number of rotatable bonds is 1. The molecule has 0 fully saturated rings. The van der Waals surface area contributed by atoms with Crippen molar-refractivity contribution in [3.8, 4) is 0 Å². The van der Waals surface area contributed by atoms with E-state index in [1.54, 1.807) is 0 Å². The molecule has 3 nitrogen and oxygen atoms in total. The minimum Gasteiger partial charge on any atom is -0.298 e. The summed E-state index contributed by atoms with van der Waals surface area (Å²) in [7, 11) is 0. The van der Waals surface area contributed by atoms with Crippen LogP contribution in [0.3, 0.4) is 0 Å². The first-order valence-electron chi connectivity index (χ1n) is 4.02. The van der Waals surface area contributed by atoms with Gasteiger partial charge in [-0.2, -0.15) is 13.2 Å². The minimum absolute atomic E-state index is 0.0822. The Morgan fingerprint density at radius 1 is 1.40 bits per heavy atom. The first-order valence-corrected chi connectivity index (χ1v) is 4.02. The lowest BCUT2D eigenvalue weighted by Crippen LogP contribution is -2.05. The fraction of sp³-hybridized carbons (Fsp3) is 0.111. The van der Waals surface area contributed by atoms with Crippen LogP contribution in [0.2, 0.25) is 0 Å². The van der Waals surface area contributed by atoms with E-state index in [9.17, 15) is 18.0 Å². The molecule has 0 atom stereocenters. The molecule has 0 saturated carbocycles. The maximum Gasteiger partial charge on any atom is 0.416 e. The summed E-state index contributed by atoms with van der Waals surface area (Å²) >= 11 is 0. The molecule has 0 aromatic carbocycles. The van der Waals surface area contributed by atoms with E-state index >= 15 is 0 Å². The van der Waals surface area contributed by atoms with Gasteiger partial charge in [0.05, 0.1) is 17.3 Å². The van der Waals surface area contributed by atoms with Crippen molar-refractivity contribution in [2.24, 2.45) is 0 Å². The maximum absolute atomic E-state index is 12.3. The molecule has 2 aromatic heterocycles. The number of imidazole rings is 1. The Labute approximate surface area is 82.2 Å². The number of nitrogens with zero attached hydrogens (tertiary/aromatic N) is 2. The molecule has 0 unspecified atom stereocenters. The van der Waals surface area contributed by atoms with Crippen molar-refractivity contribution in [3.63, 3.8) is 0 Å². The number of hydrogen-bond donors (Lipinski definition) is 0. The normalized spacial score (nSPS) is 11.9. The van der Waals surface area contributed by atoms with Crippen LogP contribution in [-0.2, 0) is 6.18 Å². The highest BCUT2D eigenvalue weighted by Crippen LogP contribution is 2.29. The molecule has 0 amide bonds. The monoisotopic (exact) mass is 214 g/mol. The molecule has 0 aliphatic carbocycles. The second kappa shape index (κ2) is 3.08. The first-order chi connectivity index (χ1) is 7.02. The number of fused-ring (bicyclic) bond motifs is 1. The van der Waals surface area contributed by atoms with Gasteiger partial charge in [-0.25, -0.2) is 4.98 Å². The van der Waals surface area contributed by atoms with Crippen molar-refractivity contribution in [2.45, 2.75) is 6.18 Å². The molecule has 2 rings (SSSR count). The maximum atomic E-state index is 12.3. The van der Waals surface area contributed by atoms with Crippen molar-refractivity contribution in [3.05, 3.63) is 35.9 Å². The lowest BCUT2D eigenvalue weighted by atomic mass is 10.2. The fourth-order valence-corrected chi connectivity index (χ4v) is 1.28. The number of alkyl halides is 3. The molecule has 0 aliphatic rings. The average Bonchev–Trinajstić information content (AvgIpc) is 2.58. The van der Waals surface area contributed by atoms with Gasteiger partial charge in [-0.15, -0.1) is 0 Å². The predicted octanol–water partition coefficient (Wildman–Crippen LogP) is 2.17. The highest BCUT2D eigenvalue weighted by atomic mass is 19.4. The lowest BCUT2D eigenvalue weighted by Gasteiger charge is -2.06. The molecule has 0 radical (unpaired) electrons. The van der Waals surface area contributed by atoms with Gasteiger partial charge in [0.2, 0.25) is 0 Å². The summed E-state index contributed by atoms with van der Waals surface area (Å²) in [4.78, 5) is 14.1. The van der Waals surface area contributed by atoms with Gasteiger partial charge in [-0.3, -0.25) is 9.20 Å². The van der Waals surface area contributed by atoms with Gasteiger partial charge in [0.25, 0.3) is 0 Å². The quantitative estimate of drug-likeness (QED) is 0.682. The van der Waals surface area contributed by atoms with Gasteiger partial charge in [-0.1, -0.05) is 0 Å². The standard InChI is InChI=1S/C9H5F3N2O/c10-9(11,12)6-1-2-14-7(3-6)4-13-8(14)5-15/h1-5H. The summed E-state index contributed by atoms with van der Waals surface area (Å²) in [6.07, 6.45) is -1.50. The van der Waals surface area contributed by atoms with Gasteiger partial charge in [0, 0.05) is 6.20 Å². The Hall–Kier alpha value is -1.85. The number of hydrogen-bond acceptors (Lipinski definition) is 2. The third-order valence-electron chi connectivity index (χ3n) is 1.99. The third-order valence-corrected chi connectivity index (χ3v) is 1.99. The van der Waals surface area contributed by atoms with Crippen molar-refractivity contribution >= 4 is 11.8 Å². The van der Waals surface area contributed by atoms with Crippen molar-refractivity contribution < 1.29 is 18.0 Å². The van der Waals surface area contributed by atoms with Crippen LogP contribution in [0.1, 0.15) is 16.2 Å². The summed E-state index contributed by atoms with van der Waals surface area (Å²) < 4.78 is 38.2. The van der Waals surface area contributed by atoms with Crippen LogP contribution >= 0.6 is 0 Å². The molecule has 0 spiro atoms. The van der Waals surface area contributed by atoms with E-state index in [2.05, 4.69) is 4.98 Å². The van der Waals surface area contributed by atoms with Crippen LogP contribution in [0.4, 0.5) is 13.2 Å². The van der Waals surface area contributed by atoms with Crippen LogP contribution in [-0.4, -0.2) is 15.7 Å². The van der Waals surface area contributed by atoms with Crippen LogP contribution in [0.5, 0.6) is 0 Å². The van der Waals surface area contributed by atoms with Crippen LogP contribution in [0, 0.1) is 0 Å². The highest BCUT2D eigenvalue weighted by molar-refractivity contribution is 5.72. The van der Waals surface area contributed by atoms with Gasteiger partial charge in [0.15, 0.2) is 12.1 Å². The molecule has 0 saturated heterocycles. The summed E-state index contributed by atoms with van der Waals surface area (Å²) in [5.74, 6) is 0.0822. The van der Waals surface area contributed by atoms with Crippen LogP contribution in [0.25, 0.3) is 5.52 Å². The number of carbonyl (C=O) groups excluding carboxylic acids is 1. The van der Waals surface area contributed by atoms with Crippen LogP contribution < -0.4 is 0 Å². The predicted molar refractivity (Wildman–Crippen MR) is 45.6 cm³/mol. The van der Waals surface area contributed by atoms with Gasteiger partial charge < -0.3 is 0 Å². The largest absolute Gasteiger partial charge is 0.416 e. The van der Waals surface area contributed by atoms with E-state index in [4.69, 9.17) is 0 Å². The summed E-state index contributed by atoms with van der Waals surface area (Å²) in [6.45, 7) is 0. The van der Waals surface area contributed by atoms with E-state index in [-0.39, 0.29) is 11.3 Å². The van der Waals surface area contributed by atoms with Crippen molar-refractivity contribution in [1.82, 2.24) is 9.38 Å². The number of halogens is 3. The lowest BCUT2D eigenvalue weighted by molar-refractivity contribution is -0.137. The fourth-order valence-electron chi connectivity index (χ4n) is 1.28. The molecule has 0 bridgehead atoms. The zero-order valence-electron chi connectivity index (χ0n) is 7.32. The third kappa shape index (κ3) is 1.58. The Balaban J connectivity index is 2.63. The average molecular weight is 214 g/mol. The Kier molecular flexibility index (Phi) is 1.99. The summed E-state index contributed by atoms with van der Waals surface area (Å²) in [6, 6.07) is 1.85. The molecule has 2 aromatic rings. The van der Waals surface area contributed by atoms with E-state index in [0.29, 0.717) is 6.29 Å². The van der Waals surface area contributed by atoms with Gasteiger partial charge in [-0.05, 0) is 12.1 Å². The van der Waals surface area contributed by atoms with E-state index in [1.807, 2.05) is 0 Å². The summed E-state index contributed by atoms with van der Waals surface area (Å²) in [5, 5.41) is 0. The van der Waals surface area contributed by atoms with E-state index < -0.39 is 11.7 Å². The molecule has 0 N–H and O–H groups in total. The molecule has 6 heteroatoms. The van der Waals surface area contributed by atoms with Crippen molar-refractivity contribution in [1.29, 1.82) is 0 Å². The molecular formula is C9H5F3N2O.